The first-order chi connectivity index (χ1) is 9.65. The molecule has 0 saturated carbocycles. The molecule has 0 N–H and O–H groups in total. The Morgan fingerprint density at radius 1 is 1.35 bits per heavy atom. The van der Waals surface area contributed by atoms with Gasteiger partial charge >= 0.3 is 0 Å². The average Bonchev–Trinajstić information content (AvgIpc) is 2.74. The van der Waals surface area contributed by atoms with E-state index in [0.29, 0.717) is 15.8 Å². The highest BCUT2D eigenvalue weighted by Crippen LogP contribution is 2.30. The van der Waals surface area contributed by atoms with Gasteiger partial charge in [-0.05, 0) is 30.7 Å². The van der Waals surface area contributed by atoms with Crippen LogP contribution in [0.2, 0.25) is 0 Å². The van der Waals surface area contributed by atoms with Crippen molar-refractivity contribution in [2.45, 2.75) is 6.92 Å². The molecule has 1 aliphatic heterocycles. The molecule has 5 heteroatoms. The Morgan fingerprint density at radius 3 is 2.60 bits per heavy atom. The molecule has 104 valence electrons. The van der Waals surface area contributed by atoms with Crippen LogP contribution >= 0.6 is 24.0 Å². The molecule has 1 aliphatic rings. The van der Waals surface area contributed by atoms with E-state index >= 15 is 0 Å². The van der Waals surface area contributed by atoms with Crippen LogP contribution in [0.4, 0.5) is 0 Å². The molecule has 20 heavy (non-hydrogen) atoms. The van der Waals surface area contributed by atoms with Crippen LogP contribution in [0.15, 0.2) is 41.3 Å². The summed E-state index contributed by atoms with van der Waals surface area (Å²) in [5.41, 5.74) is 1.05. The monoisotopic (exact) mass is 305 g/mol. The van der Waals surface area contributed by atoms with E-state index in [2.05, 4.69) is 0 Å². The first-order valence-corrected chi connectivity index (χ1v) is 7.44. The van der Waals surface area contributed by atoms with Crippen molar-refractivity contribution < 1.29 is 9.53 Å². The van der Waals surface area contributed by atoms with Crippen LogP contribution in [0.3, 0.4) is 0 Å². The molecule has 0 bridgehead atoms. The van der Waals surface area contributed by atoms with Gasteiger partial charge in [-0.15, -0.1) is 0 Å². The number of thioether (sulfide) groups is 1. The van der Waals surface area contributed by atoms with E-state index in [1.807, 2.05) is 43.3 Å². The summed E-state index contributed by atoms with van der Waals surface area (Å²) in [6.07, 6.45) is 5.61. The molecule has 0 aliphatic carbocycles. The van der Waals surface area contributed by atoms with Crippen molar-refractivity contribution >= 4 is 40.3 Å². The lowest BCUT2D eigenvalue weighted by Gasteiger charge is -2.09. The second-order valence-corrected chi connectivity index (χ2v) is 5.76. The molecule has 1 aromatic carbocycles. The van der Waals surface area contributed by atoms with Crippen LogP contribution < -0.4 is 4.74 Å². The predicted molar refractivity (Wildman–Crippen MR) is 87.7 cm³/mol. The number of benzene rings is 1. The summed E-state index contributed by atoms with van der Waals surface area (Å²) in [6, 6.07) is 7.72. The third-order valence-corrected chi connectivity index (χ3v) is 4.24. The summed E-state index contributed by atoms with van der Waals surface area (Å²) in [7, 11) is 1.64. The number of ether oxygens (including phenoxy) is 1. The average molecular weight is 305 g/mol. The lowest BCUT2D eigenvalue weighted by molar-refractivity contribution is -0.122. The standard InChI is InChI=1S/C15H15NO2S2/c1-3-16-14(17)13(20-15(16)19)6-4-5-11-7-9-12(18-2)10-8-11/h4-10H,3H2,1-2H3/b5-4+,13-6?. The zero-order chi connectivity index (χ0) is 14.5. The Morgan fingerprint density at radius 2 is 2.05 bits per heavy atom. The molecule has 1 amide bonds. The van der Waals surface area contributed by atoms with Gasteiger partial charge < -0.3 is 4.74 Å². The number of methoxy groups -OCH3 is 1. The van der Waals surface area contributed by atoms with Gasteiger partial charge in [0.1, 0.15) is 10.1 Å². The van der Waals surface area contributed by atoms with Crippen molar-refractivity contribution in [1.29, 1.82) is 0 Å². The number of nitrogens with zero attached hydrogens (tertiary/aromatic N) is 1. The van der Waals surface area contributed by atoms with Crippen LogP contribution in [0.25, 0.3) is 6.08 Å². The summed E-state index contributed by atoms with van der Waals surface area (Å²) < 4.78 is 5.73. The highest BCUT2D eigenvalue weighted by molar-refractivity contribution is 8.26. The Hall–Kier alpha value is -1.59. The van der Waals surface area contributed by atoms with Crippen LogP contribution in [-0.2, 0) is 4.79 Å². The maximum Gasteiger partial charge on any atom is 0.266 e. The summed E-state index contributed by atoms with van der Waals surface area (Å²) in [5.74, 6) is 0.813. The minimum atomic E-state index is -0.0121. The Labute approximate surface area is 128 Å². The van der Waals surface area contributed by atoms with Crippen molar-refractivity contribution in [3.8, 4) is 5.75 Å². The molecule has 2 rings (SSSR count). The molecule has 0 radical (unpaired) electrons. The zero-order valence-corrected chi connectivity index (χ0v) is 13.0. The van der Waals surface area contributed by atoms with Crippen LogP contribution in [0.5, 0.6) is 5.75 Å². The fraction of sp³-hybridized carbons (Fsp3) is 0.200. The summed E-state index contributed by atoms with van der Waals surface area (Å²) >= 11 is 6.50. The second kappa shape index (κ2) is 6.72. The van der Waals surface area contributed by atoms with Gasteiger partial charge in [0.05, 0.1) is 12.0 Å². The van der Waals surface area contributed by atoms with Gasteiger partial charge in [-0.3, -0.25) is 9.69 Å². The van der Waals surface area contributed by atoms with Gasteiger partial charge in [-0.25, -0.2) is 0 Å². The number of rotatable bonds is 4. The van der Waals surface area contributed by atoms with Crippen molar-refractivity contribution in [2.75, 3.05) is 13.7 Å². The molecule has 1 fully saturated rings. The van der Waals surface area contributed by atoms with Gasteiger partial charge in [0.15, 0.2) is 0 Å². The number of hydrogen-bond donors (Lipinski definition) is 0. The smallest absolute Gasteiger partial charge is 0.266 e. The number of carbonyl (C=O) groups excluding carboxylic acids is 1. The fourth-order valence-corrected chi connectivity index (χ4v) is 3.08. The number of allylic oxidation sites excluding steroid dienone is 2. The maximum absolute atomic E-state index is 12.0. The van der Waals surface area contributed by atoms with E-state index in [4.69, 9.17) is 17.0 Å². The molecule has 3 nitrogen and oxygen atoms in total. The molecule has 0 atom stereocenters. The molecule has 1 saturated heterocycles. The van der Waals surface area contributed by atoms with E-state index in [1.54, 1.807) is 18.1 Å². The van der Waals surface area contributed by atoms with Crippen molar-refractivity contribution in [1.82, 2.24) is 4.90 Å². The predicted octanol–water partition coefficient (Wildman–Crippen LogP) is 3.47. The zero-order valence-electron chi connectivity index (χ0n) is 11.3. The lowest BCUT2D eigenvalue weighted by Crippen LogP contribution is -2.27. The lowest BCUT2D eigenvalue weighted by atomic mass is 10.2. The second-order valence-electron chi connectivity index (χ2n) is 4.08. The van der Waals surface area contributed by atoms with E-state index < -0.39 is 0 Å². The van der Waals surface area contributed by atoms with Gasteiger partial charge in [-0.2, -0.15) is 0 Å². The summed E-state index contributed by atoms with van der Waals surface area (Å²) in [4.78, 5) is 14.2. The third-order valence-electron chi connectivity index (χ3n) is 2.84. The van der Waals surface area contributed by atoms with Crippen molar-refractivity contribution in [3.63, 3.8) is 0 Å². The van der Waals surface area contributed by atoms with E-state index in [0.717, 1.165) is 11.3 Å². The number of amides is 1. The topological polar surface area (TPSA) is 29.5 Å². The third kappa shape index (κ3) is 3.29. The van der Waals surface area contributed by atoms with Crippen LogP contribution in [-0.4, -0.2) is 28.8 Å². The van der Waals surface area contributed by atoms with Crippen molar-refractivity contribution in [3.05, 3.63) is 46.9 Å². The van der Waals surface area contributed by atoms with E-state index in [1.165, 1.54) is 11.8 Å². The molecular formula is C15H15NO2S2. The SMILES string of the molecule is CCN1C(=O)C(=C/C=C/c2ccc(OC)cc2)SC1=S. The summed E-state index contributed by atoms with van der Waals surface area (Å²) in [5, 5.41) is 0. The number of thiocarbonyl (C=S) groups is 1. The molecule has 1 aromatic rings. The Balaban J connectivity index is 2.07. The highest BCUT2D eigenvalue weighted by atomic mass is 32.2. The normalized spacial score (nSPS) is 17.5. The largest absolute Gasteiger partial charge is 0.497 e. The first kappa shape index (κ1) is 14.8. The van der Waals surface area contributed by atoms with Gasteiger partial charge in [0, 0.05) is 6.54 Å². The van der Waals surface area contributed by atoms with Gasteiger partial charge in [-0.1, -0.05) is 48.3 Å². The van der Waals surface area contributed by atoms with Crippen molar-refractivity contribution in [2.24, 2.45) is 0 Å². The molecule has 0 unspecified atom stereocenters. The summed E-state index contributed by atoms with van der Waals surface area (Å²) in [6.45, 7) is 2.53. The van der Waals surface area contributed by atoms with Crippen LogP contribution in [0, 0.1) is 0 Å². The quantitative estimate of drug-likeness (QED) is 0.629. The number of hydrogen-bond acceptors (Lipinski definition) is 4. The maximum atomic E-state index is 12.0. The minimum Gasteiger partial charge on any atom is -0.497 e. The van der Waals surface area contributed by atoms with Gasteiger partial charge in [0.2, 0.25) is 0 Å². The molecular weight excluding hydrogens is 290 g/mol. The number of likely N-dealkylation sites (N-methyl/N-ethyl adjacent to an activating group) is 1. The Bertz CT molecular complexity index is 576. The molecule has 0 aromatic heterocycles. The first-order valence-electron chi connectivity index (χ1n) is 6.21. The highest BCUT2D eigenvalue weighted by Gasteiger charge is 2.29. The van der Waals surface area contributed by atoms with E-state index in [-0.39, 0.29) is 5.91 Å². The fourth-order valence-electron chi connectivity index (χ4n) is 1.75. The van der Waals surface area contributed by atoms with Crippen LogP contribution in [0.1, 0.15) is 12.5 Å². The molecule has 1 heterocycles. The van der Waals surface area contributed by atoms with E-state index in [9.17, 15) is 4.79 Å². The Kier molecular flexibility index (Phi) is 4.98. The van der Waals surface area contributed by atoms with Gasteiger partial charge in [0.25, 0.3) is 5.91 Å². The minimum absolute atomic E-state index is 0.0121. The molecule has 0 spiro atoms. The number of carbonyl (C=O) groups is 1.